The van der Waals surface area contributed by atoms with Crippen LogP contribution in [0.15, 0.2) is 18.0 Å². The standard InChI is InChI=1S/C17H23BF4N2O2/c1-15(2)16(3,4)26-18(25-15)13(19)8-7-12-10-24(9-11-5-6-11)23-14(12)17(20,21)22/h8,10-11H,5-7,9H2,1-4H3. The summed E-state index contributed by atoms with van der Waals surface area (Å²) < 4.78 is 66.5. The first-order valence-electron chi connectivity index (χ1n) is 8.74. The van der Waals surface area contributed by atoms with E-state index in [0.717, 1.165) is 18.9 Å². The molecular weight excluding hydrogens is 351 g/mol. The number of rotatable bonds is 5. The second-order valence-electron chi connectivity index (χ2n) is 8.05. The third-order valence-corrected chi connectivity index (χ3v) is 5.24. The first kappa shape index (κ1) is 19.4. The molecule has 1 saturated heterocycles. The number of nitrogens with zero attached hydrogens (tertiary/aromatic N) is 2. The highest BCUT2D eigenvalue weighted by Crippen LogP contribution is 2.39. The van der Waals surface area contributed by atoms with Crippen molar-refractivity contribution in [1.82, 2.24) is 9.78 Å². The molecule has 0 N–H and O–H groups in total. The van der Waals surface area contributed by atoms with Crippen molar-refractivity contribution in [3.8, 4) is 0 Å². The molecule has 0 atom stereocenters. The maximum Gasteiger partial charge on any atom is 0.524 e. The van der Waals surface area contributed by atoms with Gasteiger partial charge in [0.05, 0.1) is 11.2 Å². The monoisotopic (exact) mass is 374 g/mol. The molecule has 144 valence electrons. The van der Waals surface area contributed by atoms with Gasteiger partial charge in [-0.1, -0.05) is 6.08 Å². The van der Waals surface area contributed by atoms with Gasteiger partial charge in [0.1, 0.15) is 5.73 Å². The van der Waals surface area contributed by atoms with Crippen molar-refractivity contribution >= 4 is 7.12 Å². The van der Waals surface area contributed by atoms with Crippen molar-refractivity contribution in [3.63, 3.8) is 0 Å². The highest BCUT2D eigenvalue weighted by Gasteiger charge is 2.53. The fourth-order valence-electron chi connectivity index (χ4n) is 2.77. The van der Waals surface area contributed by atoms with Gasteiger partial charge in [-0.25, -0.2) is 4.39 Å². The lowest BCUT2D eigenvalue weighted by molar-refractivity contribution is -0.142. The smallest absolute Gasteiger partial charge is 0.398 e. The predicted octanol–water partition coefficient (Wildman–Crippen LogP) is 4.34. The first-order chi connectivity index (χ1) is 11.9. The van der Waals surface area contributed by atoms with Crippen molar-refractivity contribution < 1.29 is 26.9 Å². The van der Waals surface area contributed by atoms with Crippen molar-refractivity contribution in [1.29, 1.82) is 0 Å². The van der Waals surface area contributed by atoms with Gasteiger partial charge in [-0.3, -0.25) is 4.68 Å². The van der Waals surface area contributed by atoms with Gasteiger partial charge in [-0.2, -0.15) is 18.3 Å². The van der Waals surface area contributed by atoms with Crippen LogP contribution in [-0.4, -0.2) is 28.1 Å². The Morgan fingerprint density at radius 1 is 1.27 bits per heavy atom. The molecular formula is C17H23BF4N2O2. The summed E-state index contributed by atoms with van der Waals surface area (Å²) in [5, 5.41) is 3.66. The molecule has 0 unspecified atom stereocenters. The lowest BCUT2D eigenvalue weighted by Crippen LogP contribution is -2.41. The second-order valence-corrected chi connectivity index (χ2v) is 8.05. The Morgan fingerprint density at radius 3 is 2.35 bits per heavy atom. The maximum atomic E-state index is 14.4. The molecule has 1 aromatic heterocycles. The maximum absolute atomic E-state index is 14.4. The van der Waals surface area contributed by atoms with Gasteiger partial charge < -0.3 is 9.31 Å². The molecule has 2 heterocycles. The largest absolute Gasteiger partial charge is 0.524 e. The average Bonchev–Trinajstić information content (AvgIpc) is 3.14. The molecule has 4 nitrogen and oxygen atoms in total. The van der Waals surface area contributed by atoms with E-state index in [2.05, 4.69) is 5.10 Å². The van der Waals surface area contributed by atoms with E-state index < -0.39 is 35.9 Å². The van der Waals surface area contributed by atoms with E-state index >= 15 is 0 Å². The minimum atomic E-state index is -4.57. The molecule has 2 fully saturated rings. The lowest BCUT2D eigenvalue weighted by atomic mass is 9.87. The highest BCUT2D eigenvalue weighted by atomic mass is 19.4. The van der Waals surface area contributed by atoms with Crippen LogP contribution in [0.25, 0.3) is 0 Å². The highest BCUT2D eigenvalue weighted by molar-refractivity contribution is 6.53. The lowest BCUT2D eigenvalue weighted by Gasteiger charge is -2.32. The summed E-state index contributed by atoms with van der Waals surface area (Å²) in [6.45, 7) is 7.59. The molecule has 0 aromatic carbocycles. The summed E-state index contributed by atoms with van der Waals surface area (Å²) in [6.07, 6.45) is -0.348. The van der Waals surface area contributed by atoms with Crippen molar-refractivity contribution in [2.75, 3.05) is 0 Å². The SMILES string of the molecule is CC1(C)OB(C(F)=CCc2cn(CC3CC3)nc2C(F)(F)F)OC1(C)C. The van der Waals surface area contributed by atoms with Crippen LogP contribution in [0.3, 0.4) is 0 Å². The topological polar surface area (TPSA) is 36.3 Å². The summed E-state index contributed by atoms with van der Waals surface area (Å²) in [6, 6.07) is 0. The molecule has 2 aliphatic rings. The van der Waals surface area contributed by atoms with Gasteiger partial charge in [-0.15, -0.1) is 0 Å². The molecule has 1 saturated carbocycles. The minimum Gasteiger partial charge on any atom is -0.398 e. The van der Waals surface area contributed by atoms with E-state index in [1.54, 1.807) is 27.7 Å². The van der Waals surface area contributed by atoms with Gasteiger partial charge >= 0.3 is 13.3 Å². The number of hydrogen-bond donors (Lipinski definition) is 0. The van der Waals surface area contributed by atoms with Crippen molar-refractivity contribution in [2.45, 2.75) is 70.9 Å². The van der Waals surface area contributed by atoms with Crippen LogP contribution < -0.4 is 0 Å². The van der Waals surface area contributed by atoms with E-state index in [1.165, 1.54) is 10.9 Å². The number of halogens is 4. The molecule has 1 aliphatic heterocycles. The normalized spacial score (nSPS) is 22.9. The Bertz CT molecular complexity index is 692. The van der Waals surface area contributed by atoms with Gasteiger partial charge in [0, 0.05) is 18.3 Å². The van der Waals surface area contributed by atoms with Crippen LogP contribution in [0.5, 0.6) is 0 Å². The Hall–Kier alpha value is -1.35. The Balaban J connectivity index is 1.75. The third kappa shape index (κ3) is 3.98. The predicted molar refractivity (Wildman–Crippen MR) is 88.9 cm³/mol. The number of aromatic nitrogens is 2. The molecule has 1 aromatic rings. The van der Waals surface area contributed by atoms with E-state index in [1.807, 2.05) is 0 Å². The summed E-state index contributed by atoms with van der Waals surface area (Å²) in [5.41, 5.74) is -3.17. The number of allylic oxidation sites excluding steroid dienone is 1. The minimum absolute atomic E-state index is 0.0511. The molecule has 26 heavy (non-hydrogen) atoms. The zero-order valence-electron chi connectivity index (χ0n) is 15.4. The van der Waals surface area contributed by atoms with E-state index in [0.29, 0.717) is 12.5 Å². The third-order valence-electron chi connectivity index (χ3n) is 5.24. The molecule has 0 bridgehead atoms. The van der Waals surface area contributed by atoms with Gasteiger partial charge in [-0.05, 0) is 52.9 Å². The molecule has 1 aliphatic carbocycles. The fourth-order valence-corrected chi connectivity index (χ4v) is 2.77. The Kier molecular flexibility index (Phi) is 4.76. The van der Waals surface area contributed by atoms with Crippen LogP contribution in [-0.2, 0) is 28.5 Å². The quantitative estimate of drug-likeness (QED) is 0.568. The zero-order valence-corrected chi connectivity index (χ0v) is 15.4. The van der Waals surface area contributed by atoms with Crippen molar-refractivity contribution in [2.24, 2.45) is 5.92 Å². The summed E-state index contributed by atoms with van der Waals surface area (Å²) >= 11 is 0. The van der Waals surface area contributed by atoms with E-state index in [9.17, 15) is 17.6 Å². The Labute approximate surface area is 150 Å². The molecule has 0 radical (unpaired) electrons. The van der Waals surface area contributed by atoms with Crippen LogP contribution in [0.2, 0.25) is 0 Å². The first-order valence-corrected chi connectivity index (χ1v) is 8.74. The molecule has 3 rings (SSSR count). The fraction of sp³-hybridized carbons (Fsp3) is 0.706. The summed E-state index contributed by atoms with van der Waals surface area (Å²) in [4.78, 5) is 0. The molecule has 9 heteroatoms. The summed E-state index contributed by atoms with van der Waals surface area (Å²) in [7, 11) is -1.21. The number of alkyl halides is 3. The average molecular weight is 374 g/mol. The van der Waals surface area contributed by atoms with E-state index in [-0.39, 0.29) is 12.0 Å². The van der Waals surface area contributed by atoms with Crippen LogP contribution in [0, 0.1) is 5.92 Å². The second kappa shape index (κ2) is 6.37. The van der Waals surface area contributed by atoms with Crippen LogP contribution in [0.4, 0.5) is 17.6 Å². The van der Waals surface area contributed by atoms with Crippen LogP contribution in [0.1, 0.15) is 51.8 Å². The molecule has 0 amide bonds. The molecule has 0 spiro atoms. The number of hydrogen-bond acceptors (Lipinski definition) is 3. The van der Waals surface area contributed by atoms with Crippen LogP contribution >= 0.6 is 0 Å². The summed E-state index contributed by atoms with van der Waals surface area (Å²) in [5.74, 6) is 0.390. The van der Waals surface area contributed by atoms with Crippen molar-refractivity contribution in [3.05, 3.63) is 29.3 Å². The zero-order chi connectivity index (χ0) is 19.3. The van der Waals surface area contributed by atoms with Gasteiger partial charge in [0.2, 0.25) is 0 Å². The van der Waals surface area contributed by atoms with Gasteiger partial charge in [0.15, 0.2) is 5.69 Å². The Morgan fingerprint density at radius 2 is 1.85 bits per heavy atom. The van der Waals surface area contributed by atoms with Gasteiger partial charge in [0.25, 0.3) is 0 Å². The van der Waals surface area contributed by atoms with E-state index in [4.69, 9.17) is 9.31 Å².